The fourth-order valence-corrected chi connectivity index (χ4v) is 2.73. The summed E-state index contributed by atoms with van der Waals surface area (Å²) in [6, 6.07) is 9.71. The van der Waals surface area contributed by atoms with Gasteiger partial charge in [-0.2, -0.15) is 0 Å². The van der Waals surface area contributed by atoms with Crippen LogP contribution in [-0.4, -0.2) is 47.7 Å². The first-order chi connectivity index (χ1) is 12.0. The number of furan rings is 1. The fraction of sp³-hybridized carbons (Fsp3) is 0.333. The Morgan fingerprint density at radius 3 is 2.80 bits per heavy atom. The zero-order valence-electron chi connectivity index (χ0n) is 13.5. The third-order valence-electron chi connectivity index (χ3n) is 4.08. The molecule has 2 heterocycles. The molecule has 6 nitrogen and oxygen atoms in total. The molecule has 132 valence electrons. The Balaban J connectivity index is 1.58. The Hall–Kier alpha value is -2.67. The van der Waals surface area contributed by atoms with Gasteiger partial charge in [0.05, 0.1) is 18.7 Å². The number of ether oxygens (including phenoxy) is 1. The zero-order chi connectivity index (χ0) is 17.8. The van der Waals surface area contributed by atoms with Crippen molar-refractivity contribution in [1.82, 2.24) is 4.90 Å². The summed E-state index contributed by atoms with van der Waals surface area (Å²) in [6.07, 6.45) is -0.423. The van der Waals surface area contributed by atoms with Crippen molar-refractivity contribution in [2.75, 3.05) is 19.7 Å². The van der Waals surface area contributed by atoms with Gasteiger partial charge in [0.1, 0.15) is 17.3 Å². The number of carbonyl (C=O) groups excluding carboxylic acids is 1. The summed E-state index contributed by atoms with van der Waals surface area (Å²) in [5.74, 6) is -0.600. The molecule has 1 fully saturated rings. The predicted octanol–water partition coefficient (Wildman–Crippen LogP) is 2.33. The fourth-order valence-electron chi connectivity index (χ4n) is 2.73. The molecule has 1 N–H and O–H groups in total. The maximum absolute atomic E-state index is 13.8. The molecular weight excluding hydrogens is 329 g/mol. The van der Waals surface area contributed by atoms with Crippen LogP contribution in [0.15, 0.2) is 40.8 Å². The summed E-state index contributed by atoms with van der Waals surface area (Å²) >= 11 is 0. The zero-order valence-corrected chi connectivity index (χ0v) is 13.5. The Labute approximate surface area is 143 Å². The van der Waals surface area contributed by atoms with Crippen molar-refractivity contribution in [3.05, 3.63) is 48.0 Å². The second kappa shape index (κ2) is 7.48. The maximum Gasteiger partial charge on any atom is 0.334 e. The molecule has 0 bridgehead atoms. The standard InChI is InChI=1S/C18H18FNO5/c19-14-4-2-1-3-13(14)15-7-5-12(25-15)6-8-17(21)20-9-10-24-16(11-20)18(22)23/h1-5,7,16H,6,8-11H2,(H,22,23)/t16-/m0/s1. The molecule has 7 heteroatoms. The van der Waals surface area contributed by atoms with E-state index in [2.05, 4.69) is 0 Å². The number of aliphatic carboxylic acids is 1. The van der Waals surface area contributed by atoms with Gasteiger partial charge in [0.2, 0.25) is 5.91 Å². The van der Waals surface area contributed by atoms with E-state index in [0.29, 0.717) is 30.0 Å². The van der Waals surface area contributed by atoms with E-state index in [4.69, 9.17) is 14.3 Å². The summed E-state index contributed by atoms with van der Waals surface area (Å²) in [6.45, 7) is 0.634. The van der Waals surface area contributed by atoms with Crippen LogP contribution < -0.4 is 0 Å². The number of hydrogen-bond acceptors (Lipinski definition) is 4. The van der Waals surface area contributed by atoms with Crippen LogP contribution in [0.2, 0.25) is 0 Å². The van der Waals surface area contributed by atoms with Gasteiger partial charge in [0.15, 0.2) is 6.10 Å². The number of rotatable bonds is 5. The van der Waals surface area contributed by atoms with E-state index in [1.54, 1.807) is 30.3 Å². The number of benzene rings is 1. The molecule has 0 spiro atoms. The lowest BCUT2D eigenvalue weighted by Gasteiger charge is -2.30. The highest BCUT2D eigenvalue weighted by atomic mass is 19.1. The quantitative estimate of drug-likeness (QED) is 0.898. The number of aryl methyl sites for hydroxylation is 1. The number of amides is 1. The number of carboxylic acid groups (broad SMARTS) is 1. The van der Waals surface area contributed by atoms with Crippen LogP contribution >= 0.6 is 0 Å². The van der Waals surface area contributed by atoms with Crippen LogP contribution in [0.5, 0.6) is 0 Å². The van der Waals surface area contributed by atoms with Gasteiger partial charge in [-0.15, -0.1) is 0 Å². The SMILES string of the molecule is O=C(O)[C@@H]1CN(C(=O)CCc2ccc(-c3ccccc3F)o2)CCO1. The van der Waals surface area contributed by atoms with Crippen molar-refractivity contribution in [2.45, 2.75) is 18.9 Å². The van der Waals surface area contributed by atoms with E-state index in [0.717, 1.165) is 0 Å². The Morgan fingerprint density at radius 2 is 2.04 bits per heavy atom. The van der Waals surface area contributed by atoms with Gasteiger partial charge < -0.3 is 19.2 Å². The monoisotopic (exact) mass is 347 g/mol. The molecule has 25 heavy (non-hydrogen) atoms. The molecule has 1 aliphatic heterocycles. The summed E-state index contributed by atoms with van der Waals surface area (Å²) < 4.78 is 24.5. The lowest BCUT2D eigenvalue weighted by atomic mass is 10.1. The lowest BCUT2D eigenvalue weighted by molar-refractivity contribution is -0.159. The average Bonchev–Trinajstić information content (AvgIpc) is 3.09. The molecule has 0 radical (unpaired) electrons. The molecule has 2 aromatic rings. The van der Waals surface area contributed by atoms with E-state index in [1.807, 2.05) is 0 Å². The normalized spacial score (nSPS) is 17.5. The van der Waals surface area contributed by atoms with Crippen molar-refractivity contribution >= 4 is 11.9 Å². The minimum atomic E-state index is -1.07. The molecule has 0 unspecified atom stereocenters. The second-order valence-electron chi connectivity index (χ2n) is 5.78. The van der Waals surface area contributed by atoms with E-state index in [-0.39, 0.29) is 31.3 Å². The average molecular weight is 347 g/mol. The van der Waals surface area contributed by atoms with Crippen LogP contribution in [0, 0.1) is 5.82 Å². The minimum absolute atomic E-state index is 0.0484. The van der Waals surface area contributed by atoms with Crippen LogP contribution in [0.4, 0.5) is 4.39 Å². The van der Waals surface area contributed by atoms with Crippen molar-refractivity contribution < 1.29 is 28.2 Å². The van der Waals surface area contributed by atoms with Crippen molar-refractivity contribution in [1.29, 1.82) is 0 Å². The van der Waals surface area contributed by atoms with E-state index >= 15 is 0 Å². The van der Waals surface area contributed by atoms with Gasteiger partial charge in [-0.05, 0) is 24.3 Å². The Morgan fingerprint density at radius 1 is 1.24 bits per heavy atom. The molecule has 1 saturated heterocycles. The number of carbonyl (C=O) groups is 2. The first-order valence-electron chi connectivity index (χ1n) is 8.00. The number of carboxylic acids is 1. The molecule has 1 aromatic heterocycles. The molecule has 1 amide bonds. The predicted molar refractivity (Wildman–Crippen MR) is 86.4 cm³/mol. The lowest BCUT2D eigenvalue weighted by Crippen LogP contribution is -2.48. The Kier molecular flexibility index (Phi) is 5.14. The summed E-state index contributed by atoms with van der Waals surface area (Å²) in [5.41, 5.74) is 0.373. The molecule has 0 saturated carbocycles. The highest BCUT2D eigenvalue weighted by Crippen LogP contribution is 2.25. The number of halogens is 1. The van der Waals surface area contributed by atoms with Crippen LogP contribution in [0.25, 0.3) is 11.3 Å². The number of hydrogen-bond donors (Lipinski definition) is 1. The van der Waals surface area contributed by atoms with E-state index < -0.39 is 12.1 Å². The molecule has 1 atom stereocenters. The smallest absolute Gasteiger partial charge is 0.334 e. The van der Waals surface area contributed by atoms with Gasteiger partial charge >= 0.3 is 5.97 Å². The maximum atomic E-state index is 13.8. The van der Waals surface area contributed by atoms with Crippen molar-refractivity contribution in [3.63, 3.8) is 0 Å². The van der Waals surface area contributed by atoms with Gasteiger partial charge in [-0.1, -0.05) is 12.1 Å². The van der Waals surface area contributed by atoms with Crippen LogP contribution in [0.3, 0.4) is 0 Å². The van der Waals surface area contributed by atoms with E-state index in [9.17, 15) is 14.0 Å². The molecule has 1 aliphatic rings. The van der Waals surface area contributed by atoms with Gasteiger partial charge in [0.25, 0.3) is 0 Å². The molecule has 3 rings (SSSR count). The minimum Gasteiger partial charge on any atom is -0.479 e. The number of nitrogens with zero attached hydrogens (tertiary/aromatic N) is 1. The van der Waals surface area contributed by atoms with Crippen LogP contribution in [-0.2, 0) is 20.7 Å². The topological polar surface area (TPSA) is 80.0 Å². The first-order valence-corrected chi connectivity index (χ1v) is 8.00. The third kappa shape index (κ3) is 4.06. The van der Waals surface area contributed by atoms with Gasteiger partial charge in [-0.25, -0.2) is 9.18 Å². The van der Waals surface area contributed by atoms with Crippen LogP contribution in [0.1, 0.15) is 12.2 Å². The van der Waals surface area contributed by atoms with Crippen molar-refractivity contribution in [2.24, 2.45) is 0 Å². The Bertz CT molecular complexity index is 772. The van der Waals surface area contributed by atoms with Gasteiger partial charge in [0, 0.05) is 19.4 Å². The highest BCUT2D eigenvalue weighted by Gasteiger charge is 2.28. The van der Waals surface area contributed by atoms with Gasteiger partial charge in [-0.3, -0.25) is 4.79 Å². The summed E-state index contributed by atoms with van der Waals surface area (Å²) in [7, 11) is 0. The molecule has 0 aliphatic carbocycles. The first kappa shape index (κ1) is 17.2. The van der Waals surface area contributed by atoms with E-state index in [1.165, 1.54) is 11.0 Å². The van der Waals surface area contributed by atoms with Crippen molar-refractivity contribution in [3.8, 4) is 11.3 Å². The molecule has 1 aromatic carbocycles. The summed E-state index contributed by atoms with van der Waals surface area (Å²) in [4.78, 5) is 24.7. The summed E-state index contributed by atoms with van der Waals surface area (Å²) in [5, 5.41) is 8.97. The third-order valence-corrected chi connectivity index (χ3v) is 4.08. The number of morpholine rings is 1. The molecular formula is C18H18FNO5. The second-order valence-corrected chi connectivity index (χ2v) is 5.78. The highest BCUT2D eigenvalue weighted by molar-refractivity contribution is 5.78. The largest absolute Gasteiger partial charge is 0.479 e.